The van der Waals surface area contributed by atoms with Crippen molar-refractivity contribution >= 4 is 27.7 Å². The highest BCUT2D eigenvalue weighted by atomic mass is 32.2. The molecule has 0 aliphatic heterocycles. The molecule has 1 aromatic heterocycles. The lowest BCUT2D eigenvalue weighted by atomic mass is 10.1. The molecule has 0 amide bonds. The molecule has 13 heteroatoms. The zero-order chi connectivity index (χ0) is 24.8. The number of carbonyl (C=O) groups excluding carboxylic acids is 2. The second-order valence-corrected chi connectivity index (χ2v) is 8.79. The van der Waals surface area contributed by atoms with Crippen molar-refractivity contribution in [1.82, 2.24) is 14.7 Å². The van der Waals surface area contributed by atoms with E-state index in [2.05, 4.69) is 24.4 Å². The summed E-state index contributed by atoms with van der Waals surface area (Å²) in [5.41, 5.74) is 12.9. The number of aromatic amines is 1. The number of benzene rings is 1. The molecule has 0 radical (unpaired) electrons. The molecular weight excluding hydrogens is 452 g/mol. The van der Waals surface area contributed by atoms with E-state index in [0.29, 0.717) is 23.3 Å². The number of rotatable bonds is 10. The maximum Gasteiger partial charge on any atom is 0.356 e. The van der Waals surface area contributed by atoms with Crippen molar-refractivity contribution in [2.24, 2.45) is 16.5 Å². The number of methoxy groups -OCH3 is 2. The number of nitrogens with two attached hydrogens (primary N) is 2. The SMILES string of the molecule is COC(=O)c1cnc(C(=O)[C@@H](N)CCCN=C(N)NS(=O)(=O)c2ccc(OC)c(C)c2C)[nH]1. The number of ether oxygens (including phenoxy) is 2. The van der Waals surface area contributed by atoms with Gasteiger partial charge < -0.3 is 25.9 Å². The molecular formula is C20H28N6O6S. The second kappa shape index (κ2) is 10.9. The molecule has 1 atom stereocenters. The minimum atomic E-state index is -3.94. The number of esters is 1. The van der Waals surface area contributed by atoms with Gasteiger partial charge in [-0.3, -0.25) is 9.79 Å². The first-order valence-corrected chi connectivity index (χ1v) is 11.4. The number of guanidine groups is 1. The normalized spacial score (nSPS) is 12.8. The van der Waals surface area contributed by atoms with E-state index in [9.17, 15) is 18.0 Å². The highest BCUT2D eigenvalue weighted by Gasteiger charge is 2.22. The number of aromatic nitrogens is 2. The van der Waals surface area contributed by atoms with Crippen LogP contribution < -0.4 is 20.9 Å². The monoisotopic (exact) mass is 480 g/mol. The Balaban J connectivity index is 1.92. The Kier molecular flexibility index (Phi) is 8.54. The Hall–Kier alpha value is -3.45. The van der Waals surface area contributed by atoms with Crippen molar-refractivity contribution in [3.63, 3.8) is 0 Å². The van der Waals surface area contributed by atoms with Crippen LogP contribution in [-0.4, -0.2) is 62.9 Å². The smallest absolute Gasteiger partial charge is 0.356 e. The highest BCUT2D eigenvalue weighted by molar-refractivity contribution is 7.90. The second-order valence-electron chi connectivity index (χ2n) is 7.14. The first-order chi connectivity index (χ1) is 15.5. The molecule has 0 bridgehead atoms. The molecule has 2 aromatic rings. The van der Waals surface area contributed by atoms with Crippen molar-refractivity contribution in [2.45, 2.75) is 37.6 Å². The fraction of sp³-hybridized carbons (Fsp3) is 0.400. The molecule has 0 spiro atoms. The molecule has 12 nitrogen and oxygen atoms in total. The topological polar surface area (TPSA) is 192 Å². The third-order valence-electron chi connectivity index (χ3n) is 4.94. The summed E-state index contributed by atoms with van der Waals surface area (Å²) in [6.07, 6.45) is 1.79. The van der Waals surface area contributed by atoms with Gasteiger partial charge >= 0.3 is 5.97 Å². The predicted molar refractivity (Wildman–Crippen MR) is 121 cm³/mol. The van der Waals surface area contributed by atoms with Crippen LogP contribution in [0.1, 0.15) is 45.1 Å². The van der Waals surface area contributed by atoms with Gasteiger partial charge in [0.25, 0.3) is 10.0 Å². The summed E-state index contributed by atoms with van der Waals surface area (Å²) in [6, 6.07) is 2.11. The number of Topliss-reactive ketones (excluding diaryl/α,β-unsaturated/α-hetero) is 1. The van der Waals surface area contributed by atoms with E-state index in [-0.39, 0.29) is 35.3 Å². The summed E-state index contributed by atoms with van der Waals surface area (Å²) in [6.45, 7) is 3.57. The lowest BCUT2D eigenvalue weighted by Gasteiger charge is -2.14. The van der Waals surface area contributed by atoms with Crippen molar-refractivity contribution in [2.75, 3.05) is 20.8 Å². The molecule has 6 N–H and O–H groups in total. The van der Waals surface area contributed by atoms with E-state index in [0.717, 1.165) is 0 Å². The summed E-state index contributed by atoms with van der Waals surface area (Å²) >= 11 is 0. The Morgan fingerprint density at radius 1 is 1.24 bits per heavy atom. The number of nitrogens with zero attached hydrogens (tertiary/aromatic N) is 2. The van der Waals surface area contributed by atoms with Gasteiger partial charge in [-0.1, -0.05) is 0 Å². The predicted octanol–water partition coefficient (Wildman–Crippen LogP) is 0.405. The fourth-order valence-corrected chi connectivity index (χ4v) is 4.24. The molecule has 1 aromatic carbocycles. The Bertz CT molecular complexity index is 1160. The van der Waals surface area contributed by atoms with Crippen LogP contribution in [0.4, 0.5) is 0 Å². The van der Waals surface area contributed by atoms with E-state index in [1.54, 1.807) is 19.9 Å². The number of H-pyrrole nitrogens is 1. The third kappa shape index (κ3) is 6.29. The molecule has 33 heavy (non-hydrogen) atoms. The van der Waals surface area contributed by atoms with Crippen LogP contribution in [0.2, 0.25) is 0 Å². The Morgan fingerprint density at radius 2 is 1.94 bits per heavy atom. The van der Waals surface area contributed by atoms with E-state index in [1.807, 2.05) is 0 Å². The van der Waals surface area contributed by atoms with Crippen molar-refractivity contribution < 1.29 is 27.5 Å². The van der Waals surface area contributed by atoms with Gasteiger partial charge in [0.05, 0.1) is 31.4 Å². The molecule has 0 aliphatic rings. The molecule has 0 fully saturated rings. The average molecular weight is 481 g/mol. The van der Waals surface area contributed by atoms with Crippen LogP contribution in [0.15, 0.2) is 28.2 Å². The molecule has 2 rings (SSSR count). The number of aliphatic imine (C=N–C) groups is 1. The molecule has 180 valence electrons. The number of nitrogens with one attached hydrogen (secondary N) is 2. The minimum Gasteiger partial charge on any atom is -0.496 e. The van der Waals surface area contributed by atoms with Gasteiger partial charge in [-0.05, 0) is 49.9 Å². The maximum atomic E-state index is 12.7. The lowest BCUT2D eigenvalue weighted by Crippen LogP contribution is -2.37. The molecule has 1 heterocycles. The van der Waals surface area contributed by atoms with Gasteiger partial charge in [0.1, 0.15) is 11.4 Å². The summed E-state index contributed by atoms with van der Waals surface area (Å²) in [5, 5.41) is 0. The van der Waals surface area contributed by atoms with Gasteiger partial charge in [0, 0.05) is 6.54 Å². The van der Waals surface area contributed by atoms with Gasteiger partial charge in [-0.2, -0.15) is 0 Å². The van der Waals surface area contributed by atoms with E-state index in [1.165, 1.54) is 26.5 Å². The van der Waals surface area contributed by atoms with Crippen LogP contribution in [0.5, 0.6) is 5.75 Å². The maximum absolute atomic E-state index is 12.7. The van der Waals surface area contributed by atoms with Crippen molar-refractivity contribution in [1.29, 1.82) is 0 Å². The van der Waals surface area contributed by atoms with Gasteiger partial charge in [-0.15, -0.1) is 0 Å². The highest BCUT2D eigenvalue weighted by Crippen LogP contribution is 2.26. The summed E-state index contributed by atoms with van der Waals surface area (Å²) < 4.78 is 37.3. The largest absolute Gasteiger partial charge is 0.496 e. The summed E-state index contributed by atoms with van der Waals surface area (Å²) in [5.74, 6) is -0.883. The van der Waals surface area contributed by atoms with Crippen molar-refractivity contribution in [3.8, 4) is 5.75 Å². The van der Waals surface area contributed by atoms with E-state index in [4.69, 9.17) is 16.2 Å². The number of sulfonamides is 1. The Labute approximate surface area is 191 Å². The number of carbonyl (C=O) groups is 2. The first-order valence-electron chi connectivity index (χ1n) is 9.91. The van der Waals surface area contributed by atoms with Crippen LogP contribution in [0, 0.1) is 13.8 Å². The minimum absolute atomic E-state index is 0.0417. The first kappa shape index (κ1) is 25.8. The number of imidazole rings is 1. The summed E-state index contributed by atoms with van der Waals surface area (Å²) in [4.78, 5) is 34.2. The Morgan fingerprint density at radius 3 is 2.58 bits per heavy atom. The van der Waals surface area contributed by atoms with Crippen LogP contribution in [0.3, 0.4) is 0 Å². The van der Waals surface area contributed by atoms with Gasteiger partial charge in [0.2, 0.25) is 11.7 Å². The van der Waals surface area contributed by atoms with Gasteiger partial charge in [-0.25, -0.2) is 22.9 Å². The lowest BCUT2D eigenvalue weighted by molar-refractivity contribution is 0.0594. The fourth-order valence-electron chi connectivity index (χ4n) is 2.99. The zero-order valence-electron chi connectivity index (χ0n) is 18.8. The summed E-state index contributed by atoms with van der Waals surface area (Å²) in [7, 11) is -1.22. The standard InChI is InChI=1S/C20H28N6O6S/c1-11-12(2)16(8-7-15(11)31-3)33(29,30)26-20(22)23-9-5-6-13(21)17(27)18-24-10-14(25-18)19(28)32-4/h7-8,10,13H,5-6,9,21H2,1-4H3,(H,24,25)(H3,22,23,26)/t13-/m0/s1. The van der Waals surface area contributed by atoms with Crippen molar-refractivity contribution in [3.05, 3.63) is 41.0 Å². The van der Waals surface area contributed by atoms with Crippen LogP contribution in [-0.2, 0) is 14.8 Å². The van der Waals surface area contributed by atoms with Crippen LogP contribution in [0.25, 0.3) is 0 Å². The number of ketones is 1. The van der Waals surface area contributed by atoms with E-state index < -0.39 is 27.8 Å². The molecule has 0 aliphatic carbocycles. The van der Waals surface area contributed by atoms with Crippen LogP contribution >= 0.6 is 0 Å². The average Bonchev–Trinajstić information content (AvgIpc) is 3.27. The molecule has 0 unspecified atom stereocenters. The third-order valence-corrected chi connectivity index (χ3v) is 6.44. The van der Waals surface area contributed by atoms with E-state index >= 15 is 0 Å². The number of hydrogen-bond acceptors (Lipinski definition) is 9. The molecule has 0 saturated heterocycles. The van der Waals surface area contributed by atoms with Gasteiger partial charge in [0.15, 0.2) is 5.82 Å². The number of hydrogen-bond donors (Lipinski definition) is 4. The molecule has 0 saturated carbocycles. The zero-order valence-corrected chi connectivity index (χ0v) is 19.7. The quantitative estimate of drug-likeness (QED) is 0.122.